The molecule has 0 fully saturated rings. The number of hydrogen-bond donors (Lipinski definition) is 2. The lowest BCUT2D eigenvalue weighted by Gasteiger charge is -2.16. The Morgan fingerprint density at radius 2 is 1.88 bits per heavy atom. The molecule has 2 aromatic carbocycles. The highest BCUT2D eigenvalue weighted by molar-refractivity contribution is 5.97. The Bertz CT molecular complexity index is 804. The van der Waals surface area contributed by atoms with Gasteiger partial charge in [0.2, 0.25) is 12.7 Å². The third-order valence-corrected chi connectivity index (χ3v) is 4.08. The second-order valence-electron chi connectivity index (χ2n) is 5.90. The number of rotatable bonds is 5. The van der Waals surface area contributed by atoms with Crippen LogP contribution in [0.1, 0.15) is 34.5 Å². The number of aryl methyl sites for hydroxylation is 1. The molecular formula is C19H20N2O4. The Balaban J connectivity index is 1.53. The lowest BCUT2D eigenvalue weighted by atomic mass is 10.0. The summed E-state index contributed by atoms with van der Waals surface area (Å²) in [6.45, 7) is 3.97. The van der Waals surface area contributed by atoms with Crippen molar-refractivity contribution in [1.29, 1.82) is 0 Å². The first-order chi connectivity index (χ1) is 12.0. The van der Waals surface area contributed by atoms with E-state index < -0.39 is 0 Å². The largest absolute Gasteiger partial charge is 0.454 e. The SMILES string of the molecule is Cc1ccccc1C(C)NC(=O)CNC(=O)c1ccc2c(c1)OCO2. The minimum absolute atomic E-state index is 0.0938. The molecule has 6 nitrogen and oxygen atoms in total. The normalized spacial score (nSPS) is 13.2. The molecule has 1 heterocycles. The van der Waals surface area contributed by atoms with Crippen molar-refractivity contribution in [2.24, 2.45) is 0 Å². The molecule has 2 N–H and O–H groups in total. The Morgan fingerprint density at radius 1 is 1.12 bits per heavy atom. The van der Waals surface area contributed by atoms with Crippen LogP contribution < -0.4 is 20.1 Å². The van der Waals surface area contributed by atoms with Crippen molar-refractivity contribution in [3.63, 3.8) is 0 Å². The van der Waals surface area contributed by atoms with Gasteiger partial charge in [-0.1, -0.05) is 24.3 Å². The average Bonchev–Trinajstić information content (AvgIpc) is 3.07. The third kappa shape index (κ3) is 3.91. The molecule has 1 aliphatic rings. The van der Waals surface area contributed by atoms with Gasteiger partial charge in [-0.25, -0.2) is 0 Å². The van der Waals surface area contributed by atoms with Gasteiger partial charge >= 0.3 is 0 Å². The average molecular weight is 340 g/mol. The van der Waals surface area contributed by atoms with Crippen molar-refractivity contribution >= 4 is 11.8 Å². The number of ether oxygens (including phenoxy) is 2. The zero-order valence-electron chi connectivity index (χ0n) is 14.2. The summed E-state index contributed by atoms with van der Waals surface area (Å²) < 4.78 is 10.5. The van der Waals surface area contributed by atoms with Gasteiger partial charge in [0.15, 0.2) is 11.5 Å². The van der Waals surface area contributed by atoms with Gasteiger partial charge in [-0.05, 0) is 43.2 Å². The molecule has 1 unspecified atom stereocenters. The number of amides is 2. The van der Waals surface area contributed by atoms with E-state index in [2.05, 4.69) is 10.6 Å². The van der Waals surface area contributed by atoms with Crippen molar-refractivity contribution in [3.8, 4) is 11.5 Å². The van der Waals surface area contributed by atoms with Crippen molar-refractivity contribution < 1.29 is 19.1 Å². The second kappa shape index (κ2) is 7.25. The molecule has 3 rings (SSSR count). The summed E-state index contributed by atoms with van der Waals surface area (Å²) in [7, 11) is 0. The monoisotopic (exact) mass is 340 g/mol. The molecule has 2 amide bonds. The highest BCUT2D eigenvalue weighted by atomic mass is 16.7. The van der Waals surface area contributed by atoms with E-state index in [4.69, 9.17) is 9.47 Å². The first kappa shape index (κ1) is 16.8. The van der Waals surface area contributed by atoms with Gasteiger partial charge in [0, 0.05) is 5.56 Å². The van der Waals surface area contributed by atoms with E-state index in [1.54, 1.807) is 18.2 Å². The van der Waals surface area contributed by atoms with Gasteiger partial charge in [-0.15, -0.1) is 0 Å². The molecule has 2 aromatic rings. The lowest BCUT2D eigenvalue weighted by Crippen LogP contribution is -2.38. The van der Waals surface area contributed by atoms with Crippen LogP contribution in [0.5, 0.6) is 11.5 Å². The van der Waals surface area contributed by atoms with Crippen LogP contribution >= 0.6 is 0 Å². The maximum atomic E-state index is 12.2. The van der Waals surface area contributed by atoms with E-state index in [0.717, 1.165) is 11.1 Å². The van der Waals surface area contributed by atoms with Crippen molar-refractivity contribution in [2.75, 3.05) is 13.3 Å². The lowest BCUT2D eigenvalue weighted by molar-refractivity contribution is -0.120. The molecule has 0 spiro atoms. The number of fused-ring (bicyclic) bond motifs is 1. The molecule has 130 valence electrons. The molecule has 1 aliphatic heterocycles. The van der Waals surface area contributed by atoms with E-state index in [9.17, 15) is 9.59 Å². The first-order valence-corrected chi connectivity index (χ1v) is 8.07. The number of hydrogen-bond acceptors (Lipinski definition) is 4. The van der Waals surface area contributed by atoms with Crippen molar-refractivity contribution in [1.82, 2.24) is 10.6 Å². The van der Waals surface area contributed by atoms with Gasteiger partial charge in [0.25, 0.3) is 5.91 Å². The standard InChI is InChI=1S/C19H20N2O4/c1-12-5-3-4-6-15(12)13(2)21-18(22)10-20-19(23)14-7-8-16-17(9-14)25-11-24-16/h3-9,13H,10-11H2,1-2H3,(H,20,23)(H,21,22). The Morgan fingerprint density at radius 3 is 2.68 bits per heavy atom. The van der Waals surface area contributed by atoms with Crippen molar-refractivity contribution in [3.05, 3.63) is 59.2 Å². The smallest absolute Gasteiger partial charge is 0.251 e. The fourth-order valence-electron chi connectivity index (χ4n) is 2.74. The van der Waals surface area contributed by atoms with Crippen LogP contribution in [0.3, 0.4) is 0 Å². The highest BCUT2D eigenvalue weighted by Crippen LogP contribution is 2.32. The Labute approximate surface area is 146 Å². The maximum Gasteiger partial charge on any atom is 0.251 e. The number of nitrogens with one attached hydrogen (secondary N) is 2. The summed E-state index contributed by atoms with van der Waals surface area (Å²) in [6, 6.07) is 12.7. The van der Waals surface area contributed by atoms with Crippen LogP contribution in [0, 0.1) is 6.92 Å². The van der Waals surface area contributed by atoms with Gasteiger partial charge in [-0.3, -0.25) is 9.59 Å². The molecule has 25 heavy (non-hydrogen) atoms. The zero-order valence-corrected chi connectivity index (χ0v) is 14.2. The van der Waals surface area contributed by atoms with E-state index >= 15 is 0 Å². The van der Waals surface area contributed by atoms with Crippen molar-refractivity contribution in [2.45, 2.75) is 19.9 Å². The maximum absolute atomic E-state index is 12.2. The summed E-state index contributed by atoms with van der Waals surface area (Å²) in [6.07, 6.45) is 0. The predicted octanol–water partition coefficient (Wildman–Crippen LogP) is 2.33. The van der Waals surface area contributed by atoms with Gasteiger partial charge in [0.1, 0.15) is 0 Å². The van der Waals surface area contributed by atoms with Crippen LogP contribution in [0.2, 0.25) is 0 Å². The van der Waals surface area contributed by atoms with Crippen LogP contribution in [-0.2, 0) is 4.79 Å². The van der Waals surface area contributed by atoms with Gasteiger partial charge in [0.05, 0.1) is 12.6 Å². The minimum Gasteiger partial charge on any atom is -0.454 e. The number of carbonyl (C=O) groups is 2. The Hall–Kier alpha value is -3.02. The van der Waals surface area contributed by atoms with E-state index in [1.807, 2.05) is 38.1 Å². The molecule has 0 saturated carbocycles. The van der Waals surface area contributed by atoms with Gasteiger partial charge < -0.3 is 20.1 Å². The van der Waals surface area contributed by atoms with Crippen LogP contribution in [0.15, 0.2) is 42.5 Å². The topological polar surface area (TPSA) is 76.7 Å². The molecule has 0 saturated heterocycles. The molecule has 6 heteroatoms. The van der Waals surface area contributed by atoms with Crippen LogP contribution in [0.25, 0.3) is 0 Å². The third-order valence-electron chi connectivity index (χ3n) is 4.08. The van der Waals surface area contributed by atoms with E-state index in [1.165, 1.54) is 0 Å². The molecule has 0 bridgehead atoms. The fraction of sp³-hybridized carbons (Fsp3) is 0.263. The van der Waals surface area contributed by atoms with Crippen LogP contribution in [0.4, 0.5) is 0 Å². The molecular weight excluding hydrogens is 320 g/mol. The van der Waals surface area contributed by atoms with E-state index in [0.29, 0.717) is 17.1 Å². The summed E-state index contributed by atoms with van der Waals surface area (Å²) in [4.78, 5) is 24.3. The zero-order chi connectivity index (χ0) is 17.8. The van der Waals surface area contributed by atoms with E-state index in [-0.39, 0.29) is 31.2 Å². The molecule has 0 aromatic heterocycles. The highest BCUT2D eigenvalue weighted by Gasteiger charge is 2.17. The number of benzene rings is 2. The number of carbonyl (C=O) groups excluding carboxylic acids is 2. The second-order valence-corrected chi connectivity index (χ2v) is 5.90. The fourth-order valence-corrected chi connectivity index (χ4v) is 2.74. The molecule has 0 aliphatic carbocycles. The summed E-state index contributed by atoms with van der Waals surface area (Å²) in [5.74, 6) is 0.563. The summed E-state index contributed by atoms with van der Waals surface area (Å²) in [5.41, 5.74) is 2.58. The summed E-state index contributed by atoms with van der Waals surface area (Å²) >= 11 is 0. The first-order valence-electron chi connectivity index (χ1n) is 8.07. The molecule has 0 radical (unpaired) electrons. The summed E-state index contributed by atoms with van der Waals surface area (Å²) in [5, 5.41) is 5.50. The minimum atomic E-state index is -0.336. The van der Waals surface area contributed by atoms with Crippen LogP contribution in [-0.4, -0.2) is 25.2 Å². The van der Waals surface area contributed by atoms with Gasteiger partial charge in [-0.2, -0.15) is 0 Å². The predicted molar refractivity (Wildman–Crippen MR) is 92.6 cm³/mol. The Kier molecular flexibility index (Phi) is 4.88. The molecule has 1 atom stereocenters. The quantitative estimate of drug-likeness (QED) is 0.876.